The zero-order chi connectivity index (χ0) is 14.8. The average Bonchev–Trinajstić information content (AvgIpc) is 3.04. The Kier molecular flexibility index (Phi) is 5.37. The summed E-state index contributed by atoms with van der Waals surface area (Å²) >= 11 is 0. The van der Waals surface area contributed by atoms with E-state index >= 15 is 0 Å². The van der Waals surface area contributed by atoms with Crippen LogP contribution in [0.3, 0.4) is 0 Å². The second-order valence-corrected chi connectivity index (χ2v) is 6.70. The minimum atomic E-state index is 0. The maximum Gasteiger partial charge on any atom is 0.0233 e. The van der Waals surface area contributed by atoms with Gasteiger partial charge < -0.3 is 5.32 Å². The molecule has 2 unspecified atom stereocenters. The molecule has 3 heteroatoms. The van der Waals surface area contributed by atoms with Crippen molar-refractivity contribution in [1.82, 2.24) is 10.2 Å². The fourth-order valence-corrected chi connectivity index (χ4v) is 3.96. The van der Waals surface area contributed by atoms with Gasteiger partial charge in [0.25, 0.3) is 0 Å². The summed E-state index contributed by atoms with van der Waals surface area (Å²) in [6.45, 7) is 4.81. The zero-order valence-corrected chi connectivity index (χ0v) is 14.3. The highest BCUT2D eigenvalue weighted by molar-refractivity contribution is 5.85. The molecule has 23 heavy (non-hydrogen) atoms. The Morgan fingerprint density at radius 1 is 0.913 bits per heavy atom. The van der Waals surface area contributed by atoms with E-state index in [1.807, 2.05) is 0 Å². The topological polar surface area (TPSA) is 15.3 Å². The summed E-state index contributed by atoms with van der Waals surface area (Å²) in [7, 11) is 0. The van der Waals surface area contributed by atoms with Crippen molar-refractivity contribution in [2.24, 2.45) is 5.92 Å². The Morgan fingerprint density at radius 3 is 2.43 bits per heavy atom. The summed E-state index contributed by atoms with van der Waals surface area (Å²) < 4.78 is 0. The van der Waals surface area contributed by atoms with E-state index in [0.717, 1.165) is 18.5 Å². The SMILES string of the molecule is Cl.c1ccc(-c2ccc(CN3CCC4NCCC4C3)cc2)cc1. The van der Waals surface area contributed by atoms with Crippen LogP contribution in [-0.2, 0) is 6.54 Å². The smallest absolute Gasteiger partial charge is 0.0233 e. The van der Waals surface area contributed by atoms with Gasteiger partial charge in [-0.2, -0.15) is 0 Å². The number of likely N-dealkylation sites (tertiary alicyclic amines) is 1. The van der Waals surface area contributed by atoms with Gasteiger partial charge in [0.2, 0.25) is 0 Å². The molecule has 0 saturated carbocycles. The average molecular weight is 329 g/mol. The highest BCUT2D eigenvalue weighted by atomic mass is 35.5. The first-order chi connectivity index (χ1) is 10.9. The maximum atomic E-state index is 3.64. The standard InChI is InChI=1S/C20H24N2.ClH/c1-2-4-17(5-3-1)18-8-6-16(7-9-18)14-22-13-11-20-19(15-22)10-12-21-20;/h1-9,19-21H,10-15H2;1H. The molecule has 2 aliphatic rings. The molecule has 4 rings (SSSR count). The van der Waals surface area contributed by atoms with E-state index in [0.29, 0.717) is 0 Å². The number of hydrogen-bond donors (Lipinski definition) is 1. The Balaban J connectivity index is 0.00000156. The van der Waals surface area contributed by atoms with Crippen LogP contribution in [0.5, 0.6) is 0 Å². The van der Waals surface area contributed by atoms with Gasteiger partial charge >= 0.3 is 0 Å². The molecular weight excluding hydrogens is 304 g/mol. The van der Waals surface area contributed by atoms with Crippen molar-refractivity contribution in [2.45, 2.75) is 25.4 Å². The first-order valence-corrected chi connectivity index (χ1v) is 8.48. The lowest BCUT2D eigenvalue weighted by molar-refractivity contribution is 0.156. The van der Waals surface area contributed by atoms with E-state index in [-0.39, 0.29) is 12.4 Å². The van der Waals surface area contributed by atoms with Crippen LogP contribution in [0.25, 0.3) is 11.1 Å². The quantitative estimate of drug-likeness (QED) is 0.917. The molecule has 2 fully saturated rings. The summed E-state index contributed by atoms with van der Waals surface area (Å²) in [6, 6.07) is 20.5. The van der Waals surface area contributed by atoms with Crippen LogP contribution in [0.2, 0.25) is 0 Å². The van der Waals surface area contributed by atoms with Gasteiger partial charge in [0.05, 0.1) is 0 Å². The van der Waals surface area contributed by atoms with Gasteiger partial charge in [0.1, 0.15) is 0 Å². The number of nitrogens with zero attached hydrogens (tertiary/aromatic N) is 1. The minimum Gasteiger partial charge on any atom is -0.314 e. The molecule has 0 radical (unpaired) electrons. The van der Waals surface area contributed by atoms with Crippen molar-refractivity contribution in [2.75, 3.05) is 19.6 Å². The van der Waals surface area contributed by atoms with Crippen LogP contribution < -0.4 is 5.32 Å². The Labute approximate surface area is 145 Å². The predicted molar refractivity (Wildman–Crippen MR) is 98.9 cm³/mol. The van der Waals surface area contributed by atoms with Crippen molar-refractivity contribution in [1.29, 1.82) is 0 Å². The van der Waals surface area contributed by atoms with Crippen LogP contribution in [0.15, 0.2) is 54.6 Å². The molecule has 0 spiro atoms. The first kappa shape index (κ1) is 16.5. The van der Waals surface area contributed by atoms with Gasteiger partial charge in [-0.3, -0.25) is 4.90 Å². The second kappa shape index (κ2) is 7.48. The Hall–Kier alpha value is -1.35. The molecule has 0 amide bonds. The lowest BCUT2D eigenvalue weighted by Crippen LogP contribution is -2.43. The van der Waals surface area contributed by atoms with Gasteiger partial charge in [0, 0.05) is 19.1 Å². The molecule has 2 saturated heterocycles. The normalized spacial score (nSPS) is 24.0. The summed E-state index contributed by atoms with van der Waals surface area (Å²) in [5, 5.41) is 3.64. The molecular formula is C20H25ClN2. The van der Waals surface area contributed by atoms with Gasteiger partial charge in [-0.05, 0) is 48.5 Å². The Bertz CT molecular complexity index is 611. The number of hydrogen-bond acceptors (Lipinski definition) is 2. The highest BCUT2D eigenvalue weighted by Gasteiger charge is 2.32. The van der Waals surface area contributed by atoms with E-state index in [1.54, 1.807) is 0 Å². The molecule has 2 heterocycles. The third-order valence-corrected chi connectivity index (χ3v) is 5.21. The summed E-state index contributed by atoms with van der Waals surface area (Å²) in [6.07, 6.45) is 2.67. The van der Waals surface area contributed by atoms with Crippen LogP contribution in [0.1, 0.15) is 18.4 Å². The first-order valence-electron chi connectivity index (χ1n) is 8.48. The monoisotopic (exact) mass is 328 g/mol. The number of benzene rings is 2. The number of rotatable bonds is 3. The van der Waals surface area contributed by atoms with Gasteiger partial charge in [-0.1, -0.05) is 54.6 Å². The number of fused-ring (bicyclic) bond motifs is 1. The fourth-order valence-electron chi connectivity index (χ4n) is 3.96. The van der Waals surface area contributed by atoms with Gasteiger partial charge in [-0.15, -0.1) is 12.4 Å². The van der Waals surface area contributed by atoms with Crippen molar-refractivity contribution < 1.29 is 0 Å². The molecule has 2 aromatic rings. The van der Waals surface area contributed by atoms with E-state index < -0.39 is 0 Å². The molecule has 0 bridgehead atoms. The molecule has 0 aliphatic carbocycles. The molecule has 2 nitrogen and oxygen atoms in total. The minimum absolute atomic E-state index is 0. The number of nitrogens with one attached hydrogen (secondary N) is 1. The molecule has 0 aromatic heterocycles. The van der Waals surface area contributed by atoms with Crippen molar-refractivity contribution >= 4 is 12.4 Å². The maximum absolute atomic E-state index is 3.64. The lowest BCUT2D eigenvalue weighted by atomic mass is 9.93. The van der Waals surface area contributed by atoms with E-state index in [4.69, 9.17) is 0 Å². The zero-order valence-electron chi connectivity index (χ0n) is 13.4. The van der Waals surface area contributed by atoms with Gasteiger partial charge in [0.15, 0.2) is 0 Å². The molecule has 2 atom stereocenters. The van der Waals surface area contributed by atoms with Crippen molar-refractivity contribution in [3.63, 3.8) is 0 Å². The third kappa shape index (κ3) is 3.77. The van der Waals surface area contributed by atoms with E-state index in [1.165, 1.54) is 49.2 Å². The molecule has 1 N–H and O–H groups in total. The predicted octanol–water partition coefficient (Wildman–Crippen LogP) is 3.96. The highest BCUT2D eigenvalue weighted by Crippen LogP contribution is 2.26. The van der Waals surface area contributed by atoms with Crippen molar-refractivity contribution in [3.8, 4) is 11.1 Å². The van der Waals surface area contributed by atoms with E-state index in [9.17, 15) is 0 Å². The summed E-state index contributed by atoms with van der Waals surface area (Å²) in [5.41, 5.74) is 4.04. The number of piperidine rings is 1. The summed E-state index contributed by atoms with van der Waals surface area (Å²) in [4.78, 5) is 2.63. The van der Waals surface area contributed by atoms with Crippen LogP contribution in [0, 0.1) is 5.92 Å². The third-order valence-electron chi connectivity index (χ3n) is 5.21. The van der Waals surface area contributed by atoms with Gasteiger partial charge in [-0.25, -0.2) is 0 Å². The largest absolute Gasteiger partial charge is 0.314 e. The molecule has 122 valence electrons. The fraction of sp³-hybridized carbons (Fsp3) is 0.400. The van der Waals surface area contributed by atoms with E-state index in [2.05, 4.69) is 64.8 Å². The molecule has 2 aliphatic heterocycles. The molecule has 2 aromatic carbocycles. The Morgan fingerprint density at radius 2 is 1.65 bits per heavy atom. The van der Waals surface area contributed by atoms with Crippen LogP contribution >= 0.6 is 12.4 Å². The van der Waals surface area contributed by atoms with Crippen LogP contribution in [0.4, 0.5) is 0 Å². The lowest BCUT2D eigenvalue weighted by Gasteiger charge is -2.34. The summed E-state index contributed by atoms with van der Waals surface area (Å²) in [5.74, 6) is 0.873. The number of halogens is 1. The van der Waals surface area contributed by atoms with Crippen LogP contribution in [-0.4, -0.2) is 30.6 Å². The second-order valence-electron chi connectivity index (χ2n) is 6.70. The van der Waals surface area contributed by atoms with Crippen molar-refractivity contribution in [3.05, 3.63) is 60.2 Å².